The first kappa shape index (κ1) is 17.0. The summed E-state index contributed by atoms with van der Waals surface area (Å²) in [5.74, 6) is 0.600. The summed E-state index contributed by atoms with van der Waals surface area (Å²) in [6, 6.07) is 7.14. The maximum absolute atomic E-state index is 12.7. The third-order valence-corrected chi connectivity index (χ3v) is 5.47. The molecule has 1 aromatic heterocycles. The molecule has 1 atom stereocenters. The van der Waals surface area contributed by atoms with E-state index in [0.717, 1.165) is 5.56 Å². The molecule has 0 amide bonds. The van der Waals surface area contributed by atoms with Gasteiger partial charge in [0.15, 0.2) is 0 Å². The summed E-state index contributed by atoms with van der Waals surface area (Å²) < 4.78 is 35.8. The largest absolute Gasteiger partial charge is 0.486 e. The average molecular weight is 349 g/mol. The Labute approximate surface area is 142 Å². The van der Waals surface area contributed by atoms with Gasteiger partial charge in [0.05, 0.1) is 0 Å². The van der Waals surface area contributed by atoms with Crippen molar-refractivity contribution in [2.45, 2.75) is 44.2 Å². The fourth-order valence-electron chi connectivity index (χ4n) is 2.92. The van der Waals surface area contributed by atoms with Gasteiger partial charge in [0.1, 0.15) is 16.2 Å². The molecule has 3 rings (SSSR count). The number of para-hydroxylation sites is 1. The number of nitrogens with one attached hydrogen (secondary N) is 1. The molecule has 1 N–H and O–H groups in total. The van der Waals surface area contributed by atoms with Crippen LogP contribution in [-0.4, -0.2) is 30.3 Å². The van der Waals surface area contributed by atoms with Crippen LogP contribution in [0.5, 0.6) is 5.75 Å². The van der Waals surface area contributed by atoms with Crippen LogP contribution in [0.25, 0.3) is 0 Å². The lowest BCUT2D eigenvalue weighted by Gasteiger charge is -2.19. The van der Waals surface area contributed by atoms with Gasteiger partial charge in [-0.05, 0) is 37.5 Å². The Morgan fingerprint density at radius 2 is 2.17 bits per heavy atom. The average Bonchev–Trinajstić information content (AvgIpc) is 3.10. The van der Waals surface area contributed by atoms with Crippen molar-refractivity contribution in [3.63, 3.8) is 0 Å². The van der Waals surface area contributed by atoms with Gasteiger partial charge in [-0.1, -0.05) is 19.1 Å². The van der Waals surface area contributed by atoms with Crippen LogP contribution < -0.4 is 9.46 Å². The van der Waals surface area contributed by atoms with Crippen molar-refractivity contribution in [1.29, 1.82) is 0 Å². The van der Waals surface area contributed by atoms with E-state index >= 15 is 0 Å². The molecule has 2 aromatic rings. The summed E-state index contributed by atoms with van der Waals surface area (Å²) in [5, 5.41) is 4.14. The number of aromatic nitrogens is 2. The van der Waals surface area contributed by atoms with Crippen molar-refractivity contribution >= 4 is 10.0 Å². The van der Waals surface area contributed by atoms with Crippen molar-refractivity contribution in [2.75, 3.05) is 6.54 Å². The third-order valence-electron chi connectivity index (χ3n) is 4.02. The van der Waals surface area contributed by atoms with E-state index in [1.54, 1.807) is 23.0 Å². The van der Waals surface area contributed by atoms with Gasteiger partial charge < -0.3 is 4.74 Å². The number of benzene rings is 1. The minimum atomic E-state index is -3.61. The molecule has 130 valence electrons. The van der Waals surface area contributed by atoms with Gasteiger partial charge >= 0.3 is 0 Å². The number of rotatable bonds is 6. The van der Waals surface area contributed by atoms with Gasteiger partial charge in [-0.3, -0.25) is 4.68 Å². The molecular weight excluding hydrogens is 326 g/mol. The Kier molecular flexibility index (Phi) is 4.40. The normalized spacial score (nSPS) is 17.3. The molecule has 1 aromatic carbocycles. The van der Waals surface area contributed by atoms with Gasteiger partial charge in [0.2, 0.25) is 10.0 Å². The second kappa shape index (κ2) is 6.22. The quantitative estimate of drug-likeness (QED) is 0.868. The first-order valence-corrected chi connectivity index (χ1v) is 9.53. The molecule has 1 aliphatic rings. The molecule has 7 heteroatoms. The first-order valence-electron chi connectivity index (χ1n) is 8.05. The van der Waals surface area contributed by atoms with Crippen LogP contribution >= 0.6 is 0 Å². The summed E-state index contributed by atoms with van der Waals surface area (Å²) in [5.41, 5.74) is 0.564. The molecule has 0 saturated carbocycles. The summed E-state index contributed by atoms with van der Waals surface area (Å²) in [6.45, 7) is 6.91. The molecule has 24 heavy (non-hydrogen) atoms. The van der Waals surface area contributed by atoms with Crippen LogP contribution in [-0.2, 0) is 23.0 Å². The number of ether oxygens (including phenoxy) is 1. The molecule has 0 unspecified atom stereocenters. The number of sulfonamides is 1. The van der Waals surface area contributed by atoms with Gasteiger partial charge in [0, 0.05) is 31.9 Å². The van der Waals surface area contributed by atoms with E-state index in [1.807, 2.05) is 39.1 Å². The molecule has 1 aliphatic heterocycles. The zero-order valence-corrected chi connectivity index (χ0v) is 15.0. The minimum absolute atomic E-state index is 0.119. The highest BCUT2D eigenvalue weighted by molar-refractivity contribution is 7.89. The molecule has 0 saturated heterocycles. The van der Waals surface area contributed by atoms with Crippen LogP contribution in [0.3, 0.4) is 0 Å². The van der Waals surface area contributed by atoms with E-state index in [1.165, 1.54) is 0 Å². The molecule has 0 bridgehead atoms. The second-order valence-electron chi connectivity index (χ2n) is 6.97. The van der Waals surface area contributed by atoms with E-state index in [9.17, 15) is 8.42 Å². The van der Waals surface area contributed by atoms with Crippen LogP contribution in [0.15, 0.2) is 41.6 Å². The van der Waals surface area contributed by atoms with Gasteiger partial charge in [-0.25, -0.2) is 13.1 Å². The van der Waals surface area contributed by atoms with Crippen molar-refractivity contribution in [3.8, 4) is 5.75 Å². The van der Waals surface area contributed by atoms with Crippen molar-refractivity contribution in [1.82, 2.24) is 14.5 Å². The van der Waals surface area contributed by atoms with E-state index in [0.29, 0.717) is 25.3 Å². The van der Waals surface area contributed by atoms with E-state index in [4.69, 9.17) is 4.74 Å². The highest BCUT2D eigenvalue weighted by Gasteiger charge is 2.34. The summed E-state index contributed by atoms with van der Waals surface area (Å²) in [7, 11) is -3.61. The van der Waals surface area contributed by atoms with Crippen LogP contribution in [0.4, 0.5) is 0 Å². The summed E-state index contributed by atoms with van der Waals surface area (Å²) in [4.78, 5) is 0.219. The molecule has 2 heterocycles. The van der Waals surface area contributed by atoms with Crippen LogP contribution in [0, 0.1) is 5.92 Å². The maximum Gasteiger partial charge on any atom is 0.244 e. The lowest BCUT2D eigenvalue weighted by molar-refractivity contribution is 0.135. The number of hydrogen-bond donors (Lipinski definition) is 1. The topological polar surface area (TPSA) is 73.2 Å². The number of nitrogens with zero attached hydrogens (tertiary/aromatic N) is 2. The molecule has 6 nitrogen and oxygen atoms in total. The number of fused-ring (bicyclic) bond motifs is 1. The second-order valence-corrected chi connectivity index (χ2v) is 8.70. The standard InChI is InChI=1S/C17H23N3O3S/c1-13(12-20-9-5-8-18-20)11-19-24(21,22)15-7-4-6-14-10-17(2,3)23-16(14)15/h4-9,13,19H,10-12H2,1-3H3/t13-/m1/s1. The summed E-state index contributed by atoms with van der Waals surface area (Å²) in [6.07, 6.45) is 4.29. The van der Waals surface area contributed by atoms with Gasteiger partial charge in [0.25, 0.3) is 0 Å². The SMILES string of the molecule is C[C@H](CNS(=O)(=O)c1cccc2c1OC(C)(C)C2)Cn1cccn1. The van der Waals surface area contributed by atoms with Gasteiger partial charge in [-0.15, -0.1) is 0 Å². The molecule has 0 spiro atoms. The van der Waals surface area contributed by atoms with Crippen LogP contribution in [0.2, 0.25) is 0 Å². The minimum Gasteiger partial charge on any atom is -0.486 e. The zero-order valence-electron chi connectivity index (χ0n) is 14.2. The van der Waals surface area contributed by atoms with Crippen molar-refractivity contribution < 1.29 is 13.2 Å². The lowest BCUT2D eigenvalue weighted by atomic mass is 10.0. The smallest absolute Gasteiger partial charge is 0.244 e. The van der Waals surface area contributed by atoms with E-state index in [2.05, 4.69) is 9.82 Å². The maximum atomic E-state index is 12.7. The monoisotopic (exact) mass is 349 g/mol. The zero-order chi connectivity index (χ0) is 17.4. The predicted octanol–water partition coefficient (Wildman–Crippen LogP) is 2.21. The molecular formula is C17H23N3O3S. The fraction of sp³-hybridized carbons (Fsp3) is 0.471. The lowest BCUT2D eigenvalue weighted by Crippen LogP contribution is -2.31. The predicted molar refractivity (Wildman–Crippen MR) is 91.4 cm³/mol. The Balaban J connectivity index is 1.72. The Bertz CT molecular complexity index is 814. The van der Waals surface area contributed by atoms with Gasteiger partial charge in [-0.2, -0.15) is 5.10 Å². The highest BCUT2D eigenvalue weighted by atomic mass is 32.2. The summed E-state index contributed by atoms with van der Waals surface area (Å²) >= 11 is 0. The van der Waals surface area contributed by atoms with Crippen molar-refractivity contribution in [2.24, 2.45) is 5.92 Å². The molecule has 0 fully saturated rings. The Morgan fingerprint density at radius 1 is 1.38 bits per heavy atom. The third kappa shape index (κ3) is 3.62. The first-order chi connectivity index (χ1) is 11.3. The number of hydrogen-bond acceptors (Lipinski definition) is 4. The Morgan fingerprint density at radius 3 is 2.88 bits per heavy atom. The molecule has 0 aliphatic carbocycles. The Hall–Kier alpha value is -1.86. The van der Waals surface area contributed by atoms with E-state index in [-0.39, 0.29) is 16.4 Å². The highest BCUT2D eigenvalue weighted by Crippen LogP contribution is 2.39. The van der Waals surface area contributed by atoms with Crippen LogP contribution in [0.1, 0.15) is 26.3 Å². The fourth-order valence-corrected chi connectivity index (χ4v) is 4.26. The molecule has 0 radical (unpaired) electrons. The van der Waals surface area contributed by atoms with E-state index < -0.39 is 10.0 Å². The van der Waals surface area contributed by atoms with Crippen molar-refractivity contribution in [3.05, 3.63) is 42.2 Å².